The van der Waals surface area contributed by atoms with Crippen LogP contribution in [0.4, 0.5) is 5.69 Å². The van der Waals surface area contributed by atoms with Crippen LogP contribution in [0.5, 0.6) is 0 Å². The van der Waals surface area contributed by atoms with Gasteiger partial charge in [0.05, 0.1) is 6.61 Å². The van der Waals surface area contributed by atoms with Gasteiger partial charge in [0.2, 0.25) is 0 Å². The van der Waals surface area contributed by atoms with Gasteiger partial charge in [0, 0.05) is 36.4 Å². The van der Waals surface area contributed by atoms with Crippen molar-refractivity contribution in [3.63, 3.8) is 0 Å². The zero-order valence-corrected chi connectivity index (χ0v) is 12.5. The Morgan fingerprint density at radius 2 is 2.06 bits per heavy atom. The second-order valence-electron chi connectivity index (χ2n) is 4.41. The van der Waals surface area contributed by atoms with Gasteiger partial charge < -0.3 is 15.4 Å². The second kappa shape index (κ2) is 6.38. The number of rotatable bonds is 5. The Balaban J connectivity index is 3.03. The fraction of sp³-hybridized carbons (Fsp3) is 0.538. The van der Waals surface area contributed by atoms with Crippen molar-refractivity contribution in [3.8, 4) is 0 Å². The van der Waals surface area contributed by atoms with Crippen LogP contribution in [0.3, 0.4) is 0 Å². The van der Waals surface area contributed by atoms with Gasteiger partial charge in [-0.05, 0) is 37.6 Å². The first-order valence-electron chi connectivity index (χ1n) is 5.74. The van der Waals surface area contributed by atoms with Gasteiger partial charge in [0.25, 0.3) is 0 Å². The number of nitrogens with zero attached hydrogens (tertiary/aromatic N) is 1. The second-order valence-corrected chi connectivity index (χ2v) is 5.32. The Bertz CT molecular complexity index is 368. The number of hydrogen-bond donors (Lipinski definition) is 1. The zero-order chi connectivity index (χ0) is 13.0. The third-order valence-electron chi connectivity index (χ3n) is 2.93. The number of nitrogens with two attached hydrogens (primary N) is 1. The van der Waals surface area contributed by atoms with E-state index in [-0.39, 0.29) is 6.04 Å². The van der Waals surface area contributed by atoms with Gasteiger partial charge in [-0.25, -0.2) is 0 Å². The molecule has 0 heterocycles. The van der Waals surface area contributed by atoms with Gasteiger partial charge in [-0.15, -0.1) is 0 Å². The van der Waals surface area contributed by atoms with Gasteiger partial charge >= 0.3 is 0 Å². The van der Waals surface area contributed by atoms with Gasteiger partial charge in [0.1, 0.15) is 0 Å². The Kier molecular flexibility index (Phi) is 5.43. The summed E-state index contributed by atoms with van der Waals surface area (Å²) in [5, 5.41) is 0. The Morgan fingerprint density at radius 1 is 1.41 bits per heavy atom. The molecule has 2 atom stereocenters. The Hall–Kier alpha value is -0.580. The predicted molar refractivity (Wildman–Crippen MR) is 76.5 cm³/mol. The molecule has 1 rings (SSSR count). The van der Waals surface area contributed by atoms with Crippen molar-refractivity contribution >= 4 is 21.6 Å². The molecule has 0 aliphatic rings. The van der Waals surface area contributed by atoms with Gasteiger partial charge in [-0.2, -0.15) is 0 Å². The van der Waals surface area contributed by atoms with Crippen molar-refractivity contribution in [1.29, 1.82) is 0 Å². The molecule has 2 N–H and O–H groups in total. The highest BCUT2D eigenvalue weighted by Crippen LogP contribution is 2.28. The number of halogens is 1. The molecule has 0 saturated carbocycles. The standard InChI is InChI=1S/C13H21BrN2O/c1-9(8-17-4)16(3)13-6-5-11(14)7-12(13)10(2)15/h5-7,9-10H,8,15H2,1-4H3. The lowest BCUT2D eigenvalue weighted by molar-refractivity contribution is 0.183. The summed E-state index contributed by atoms with van der Waals surface area (Å²) in [6, 6.07) is 6.54. The summed E-state index contributed by atoms with van der Waals surface area (Å²) in [6.45, 7) is 4.83. The molecule has 17 heavy (non-hydrogen) atoms. The molecule has 96 valence electrons. The first-order valence-corrected chi connectivity index (χ1v) is 6.53. The average molecular weight is 301 g/mol. The molecular formula is C13H21BrN2O. The number of likely N-dealkylation sites (N-methyl/N-ethyl adjacent to an activating group) is 1. The van der Waals surface area contributed by atoms with Crippen molar-refractivity contribution in [3.05, 3.63) is 28.2 Å². The van der Waals surface area contributed by atoms with Crippen molar-refractivity contribution in [1.82, 2.24) is 0 Å². The molecule has 3 nitrogen and oxygen atoms in total. The number of hydrogen-bond acceptors (Lipinski definition) is 3. The van der Waals surface area contributed by atoms with Crippen LogP contribution in [0.2, 0.25) is 0 Å². The van der Waals surface area contributed by atoms with Gasteiger partial charge in [0.15, 0.2) is 0 Å². The van der Waals surface area contributed by atoms with Gasteiger partial charge in [-0.3, -0.25) is 0 Å². The summed E-state index contributed by atoms with van der Waals surface area (Å²) in [5.74, 6) is 0. The van der Waals surface area contributed by atoms with Crippen LogP contribution in [0.25, 0.3) is 0 Å². The lowest BCUT2D eigenvalue weighted by atomic mass is 10.1. The minimum absolute atomic E-state index is 0.0136. The van der Waals surface area contributed by atoms with E-state index in [4.69, 9.17) is 10.5 Å². The van der Waals surface area contributed by atoms with E-state index in [1.54, 1.807) is 7.11 Å². The summed E-state index contributed by atoms with van der Waals surface area (Å²) >= 11 is 3.48. The van der Waals surface area contributed by atoms with E-state index in [0.29, 0.717) is 12.6 Å². The fourth-order valence-corrected chi connectivity index (χ4v) is 2.18. The molecule has 2 unspecified atom stereocenters. The van der Waals surface area contributed by atoms with Crippen molar-refractivity contribution < 1.29 is 4.74 Å². The first kappa shape index (κ1) is 14.5. The molecule has 0 bridgehead atoms. The topological polar surface area (TPSA) is 38.5 Å². The van der Waals surface area contributed by atoms with E-state index in [1.165, 1.54) is 0 Å². The lowest BCUT2D eigenvalue weighted by Crippen LogP contribution is -2.33. The minimum atomic E-state index is 0.0136. The largest absolute Gasteiger partial charge is 0.383 e. The average Bonchev–Trinajstić information content (AvgIpc) is 2.28. The summed E-state index contributed by atoms with van der Waals surface area (Å²) < 4.78 is 6.24. The van der Waals surface area contributed by atoms with Crippen LogP contribution >= 0.6 is 15.9 Å². The Labute approximate surface area is 112 Å². The quantitative estimate of drug-likeness (QED) is 0.909. The van der Waals surface area contributed by atoms with Crippen molar-refractivity contribution in [2.45, 2.75) is 25.9 Å². The number of ether oxygens (including phenoxy) is 1. The van der Waals surface area contributed by atoms with E-state index in [1.807, 2.05) is 13.0 Å². The van der Waals surface area contributed by atoms with Crippen LogP contribution in [-0.2, 0) is 4.74 Å². The van der Waals surface area contributed by atoms with Crippen LogP contribution in [0, 0.1) is 0 Å². The maximum atomic E-state index is 6.02. The highest BCUT2D eigenvalue weighted by atomic mass is 79.9. The lowest BCUT2D eigenvalue weighted by Gasteiger charge is -2.29. The van der Waals surface area contributed by atoms with Crippen LogP contribution in [-0.4, -0.2) is 26.8 Å². The molecule has 0 amide bonds. The highest BCUT2D eigenvalue weighted by molar-refractivity contribution is 9.10. The molecular weight excluding hydrogens is 280 g/mol. The molecule has 0 saturated heterocycles. The minimum Gasteiger partial charge on any atom is -0.383 e. The zero-order valence-electron chi connectivity index (χ0n) is 10.9. The predicted octanol–water partition coefficient (Wildman–Crippen LogP) is 2.94. The molecule has 1 aromatic carbocycles. The van der Waals surface area contributed by atoms with Crippen LogP contribution < -0.4 is 10.6 Å². The smallest absolute Gasteiger partial charge is 0.0663 e. The Morgan fingerprint density at radius 3 is 2.59 bits per heavy atom. The summed E-state index contributed by atoms with van der Waals surface area (Å²) in [7, 11) is 3.79. The number of methoxy groups -OCH3 is 1. The number of anilines is 1. The van der Waals surface area contributed by atoms with E-state index < -0.39 is 0 Å². The third kappa shape index (κ3) is 3.69. The maximum Gasteiger partial charge on any atom is 0.0663 e. The summed E-state index contributed by atoms with van der Waals surface area (Å²) in [4.78, 5) is 2.20. The fourth-order valence-electron chi connectivity index (χ4n) is 1.80. The monoisotopic (exact) mass is 300 g/mol. The molecule has 0 radical (unpaired) electrons. The van der Waals surface area contributed by atoms with E-state index in [2.05, 4.69) is 46.9 Å². The normalized spacial score (nSPS) is 14.5. The van der Waals surface area contributed by atoms with Crippen molar-refractivity contribution in [2.24, 2.45) is 5.73 Å². The first-order chi connectivity index (χ1) is 7.97. The maximum absolute atomic E-state index is 6.02. The molecule has 0 aliphatic carbocycles. The van der Waals surface area contributed by atoms with Crippen LogP contribution in [0.15, 0.2) is 22.7 Å². The molecule has 0 aromatic heterocycles. The van der Waals surface area contributed by atoms with E-state index in [0.717, 1.165) is 15.7 Å². The molecule has 1 aromatic rings. The molecule has 0 aliphatic heterocycles. The van der Waals surface area contributed by atoms with E-state index in [9.17, 15) is 0 Å². The van der Waals surface area contributed by atoms with Crippen molar-refractivity contribution in [2.75, 3.05) is 25.7 Å². The van der Waals surface area contributed by atoms with Gasteiger partial charge in [-0.1, -0.05) is 15.9 Å². The summed E-state index contributed by atoms with van der Waals surface area (Å²) in [5.41, 5.74) is 8.32. The van der Waals surface area contributed by atoms with Crippen LogP contribution in [0.1, 0.15) is 25.5 Å². The molecule has 0 spiro atoms. The van der Waals surface area contributed by atoms with E-state index >= 15 is 0 Å². The molecule has 4 heteroatoms. The SMILES string of the molecule is COCC(C)N(C)c1ccc(Br)cc1C(C)N. The highest BCUT2D eigenvalue weighted by Gasteiger charge is 2.15. The third-order valence-corrected chi connectivity index (χ3v) is 3.42. The summed E-state index contributed by atoms with van der Waals surface area (Å²) in [6.07, 6.45) is 0. The number of benzene rings is 1. The molecule has 0 fully saturated rings.